The predicted octanol–water partition coefficient (Wildman–Crippen LogP) is 1.82. The molecule has 2 rings (SSSR count). The van der Waals surface area contributed by atoms with E-state index in [-0.39, 0.29) is 6.04 Å². The molecule has 0 atom stereocenters. The molecule has 1 aromatic heterocycles. The Hall–Kier alpha value is 0.100. The molecule has 1 aliphatic carbocycles. The first kappa shape index (κ1) is 8.69. The van der Waals surface area contributed by atoms with Gasteiger partial charge in [-0.1, -0.05) is 0 Å². The minimum absolute atomic E-state index is 0.168. The van der Waals surface area contributed by atoms with Gasteiger partial charge in [-0.15, -0.1) is 0 Å². The highest BCUT2D eigenvalue weighted by Gasteiger charge is 2.43. The van der Waals surface area contributed by atoms with Gasteiger partial charge >= 0.3 is 0 Å². The van der Waals surface area contributed by atoms with Gasteiger partial charge in [0.05, 0.1) is 5.60 Å². The summed E-state index contributed by atoms with van der Waals surface area (Å²) in [6, 6.07) is 0.168. The van der Waals surface area contributed by atoms with Gasteiger partial charge in [-0.05, 0) is 34.2 Å². The monoisotopic (exact) mass is 247 g/mol. The first-order valence-corrected chi connectivity index (χ1v) is 5.55. The van der Waals surface area contributed by atoms with Crippen molar-refractivity contribution >= 4 is 27.3 Å². The minimum atomic E-state index is -0.655. The zero-order valence-electron chi connectivity index (χ0n) is 6.46. The van der Waals surface area contributed by atoms with E-state index < -0.39 is 5.60 Å². The maximum atomic E-state index is 10.0. The smallest absolute Gasteiger partial charge is 0.0945 e. The molecule has 0 aromatic carbocycles. The normalized spacial score (nSPS) is 34.8. The van der Waals surface area contributed by atoms with Gasteiger partial charge in [-0.25, -0.2) is 0 Å². The molecule has 0 amide bonds. The fraction of sp³-hybridized carbons (Fsp3) is 0.500. The topological polar surface area (TPSA) is 46.2 Å². The summed E-state index contributed by atoms with van der Waals surface area (Å²) >= 11 is 5.00. The molecule has 2 nitrogen and oxygen atoms in total. The van der Waals surface area contributed by atoms with E-state index in [1.54, 1.807) is 11.3 Å². The van der Waals surface area contributed by atoms with Crippen molar-refractivity contribution in [1.29, 1.82) is 0 Å². The number of rotatable bonds is 1. The lowest BCUT2D eigenvalue weighted by atomic mass is 9.73. The summed E-state index contributed by atoms with van der Waals surface area (Å²) < 4.78 is 1.00. The van der Waals surface area contributed by atoms with Crippen LogP contribution in [0.4, 0.5) is 0 Å². The van der Waals surface area contributed by atoms with Crippen LogP contribution in [0.25, 0.3) is 0 Å². The fourth-order valence-electron chi connectivity index (χ4n) is 1.64. The van der Waals surface area contributed by atoms with Gasteiger partial charge in [0.25, 0.3) is 0 Å². The SMILES string of the molecule is NC1CC(O)(c2cscc2Br)C1. The van der Waals surface area contributed by atoms with Crippen molar-refractivity contribution < 1.29 is 5.11 Å². The molecular weight excluding hydrogens is 238 g/mol. The summed E-state index contributed by atoms with van der Waals surface area (Å²) in [5, 5.41) is 14.0. The molecule has 1 heterocycles. The Balaban J connectivity index is 2.26. The second kappa shape index (κ2) is 2.80. The lowest BCUT2D eigenvalue weighted by molar-refractivity contribution is -0.0525. The molecule has 0 unspecified atom stereocenters. The van der Waals surface area contributed by atoms with Crippen molar-refractivity contribution in [3.05, 3.63) is 20.8 Å². The van der Waals surface area contributed by atoms with Crippen molar-refractivity contribution in [2.45, 2.75) is 24.5 Å². The highest BCUT2D eigenvalue weighted by Crippen LogP contribution is 2.44. The second-order valence-corrected chi connectivity index (χ2v) is 4.93. The molecule has 0 spiro atoms. The third-order valence-electron chi connectivity index (χ3n) is 2.32. The molecule has 0 aliphatic heterocycles. The van der Waals surface area contributed by atoms with Crippen molar-refractivity contribution in [3.8, 4) is 0 Å². The van der Waals surface area contributed by atoms with Crippen molar-refractivity contribution in [2.75, 3.05) is 0 Å². The quantitative estimate of drug-likeness (QED) is 0.796. The Bertz CT molecular complexity index is 293. The molecular formula is C8H10BrNOS. The van der Waals surface area contributed by atoms with E-state index >= 15 is 0 Å². The maximum absolute atomic E-state index is 10.0. The Kier molecular flexibility index (Phi) is 2.03. The van der Waals surface area contributed by atoms with Crippen LogP contribution in [0.5, 0.6) is 0 Å². The van der Waals surface area contributed by atoms with E-state index in [0.717, 1.165) is 10.0 Å². The largest absolute Gasteiger partial charge is 0.385 e. The lowest BCUT2D eigenvalue weighted by Crippen LogP contribution is -2.49. The van der Waals surface area contributed by atoms with Crippen LogP contribution in [-0.4, -0.2) is 11.1 Å². The highest BCUT2D eigenvalue weighted by molar-refractivity contribution is 9.10. The summed E-state index contributed by atoms with van der Waals surface area (Å²) in [6.07, 6.45) is 1.37. The van der Waals surface area contributed by atoms with Crippen LogP contribution in [-0.2, 0) is 5.60 Å². The fourth-order valence-corrected chi connectivity index (χ4v) is 3.40. The average Bonchev–Trinajstić information content (AvgIpc) is 2.32. The molecule has 4 heteroatoms. The molecule has 0 bridgehead atoms. The van der Waals surface area contributed by atoms with E-state index in [0.29, 0.717) is 12.8 Å². The maximum Gasteiger partial charge on any atom is 0.0945 e. The molecule has 1 aromatic rings. The summed E-state index contributed by atoms with van der Waals surface area (Å²) in [6.45, 7) is 0. The Labute approximate surface area is 83.5 Å². The van der Waals surface area contributed by atoms with Crippen LogP contribution in [0.2, 0.25) is 0 Å². The van der Waals surface area contributed by atoms with Gasteiger partial charge in [0, 0.05) is 21.5 Å². The molecule has 12 heavy (non-hydrogen) atoms. The molecule has 1 fully saturated rings. The second-order valence-electron chi connectivity index (χ2n) is 3.33. The molecule has 66 valence electrons. The zero-order valence-corrected chi connectivity index (χ0v) is 8.86. The van der Waals surface area contributed by atoms with Crippen LogP contribution in [0.15, 0.2) is 15.2 Å². The Morgan fingerprint density at radius 2 is 2.25 bits per heavy atom. The standard InChI is InChI=1S/C8H10BrNOS/c9-7-4-12-3-6(7)8(11)1-5(10)2-8/h3-5,11H,1-2,10H2. The minimum Gasteiger partial charge on any atom is -0.385 e. The molecule has 1 aliphatic rings. The van der Waals surface area contributed by atoms with Gasteiger partial charge in [0.2, 0.25) is 0 Å². The summed E-state index contributed by atoms with van der Waals surface area (Å²) in [7, 11) is 0. The molecule has 1 saturated carbocycles. The molecule has 0 radical (unpaired) electrons. The van der Waals surface area contributed by atoms with Crippen molar-refractivity contribution in [1.82, 2.24) is 0 Å². The third kappa shape index (κ3) is 1.23. The van der Waals surface area contributed by atoms with E-state index in [1.807, 2.05) is 10.8 Å². The van der Waals surface area contributed by atoms with Crippen LogP contribution >= 0.6 is 27.3 Å². The highest BCUT2D eigenvalue weighted by atomic mass is 79.9. The number of nitrogens with two attached hydrogens (primary N) is 1. The number of hydrogen-bond acceptors (Lipinski definition) is 3. The van der Waals surface area contributed by atoms with Gasteiger partial charge in [-0.3, -0.25) is 0 Å². The molecule has 0 saturated heterocycles. The number of thiophene rings is 1. The summed E-state index contributed by atoms with van der Waals surface area (Å²) in [5.74, 6) is 0. The number of aliphatic hydroxyl groups is 1. The van der Waals surface area contributed by atoms with Crippen LogP contribution in [0.1, 0.15) is 18.4 Å². The number of hydrogen-bond donors (Lipinski definition) is 2. The van der Waals surface area contributed by atoms with Gasteiger partial charge in [0.1, 0.15) is 0 Å². The summed E-state index contributed by atoms with van der Waals surface area (Å²) in [5.41, 5.74) is 5.98. The van der Waals surface area contributed by atoms with E-state index in [4.69, 9.17) is 5.73 Å². The van der Waals surface area contributed by atoms with Crippen LogP contribution in [0, 0.1) is 0 Å². The molecule has 3 N–H and O–H groups in total. The third-order valence-corrected chi connectivity index (χ3v) is 4.02. The van der Waals surface area contributed by atoms with E-state index in [1.165, 1.54) is 0 Å². The van der Waals surface area contributed by atoms with Gasteiger partial charge in [-0.2, -0.15) is 11.3 Å². The first-order valence-electron chi connectivity index (χ1n) is 3.82. The number of halogens is 1. The van der Waals surface area contributed by atoms with Crippen LogP contribution < -0.4 is 5.73 Å². The average molecular weight is 248 g/mol. The van der Waals surface area contributed by atoms with Crippen molar-refractivity contribution in [3.63, 3.8) is 0 Å². The van der Waals surface area contributed by atoms with Gasteiger partial charge < -0.3 is 10.8 Å². The first-order chi connectivity index (χ1) is 5.62. The van der Waals surface area contributed by atoms with E-state index in [2.05, 4.69) is 15.9 Å². The van der Waals surface area contributed by atoms with Gasteiger partial charge in [0.15, 0.2) is 0 Å². The summed E-state index contributed by atoms with van der Waals surface area (Å²) in [4.78, 5) is 0. The Morgan fingerprint density at radius 3 is 2.67 bits per heavy atom. The lowest BCUT2D eigenvalue weighted by Gasteiger charge is -2.41. The predicted molar refractivity (Wildman–Crippen MR) is 53.1 cm³/mol. The zero-order chi connectivity index (χ0) is 8.77. The van der Waals surface area contributed by atoms with Crippen molar-refractivity contribution in [2.24, 2.45) is 5.73 Å². The van der Waals surface area contributed by atoms with E-state index in [9.17, 15) is 5.11 Å². The Morgan fingerprint density at radius 1 is 1.58 bits per heavy atom. The van der Waals surface area contributed by atoms with Crippen LogP contribution in [0.3, 0.4) is 0 Å².